The molecule has 0 rings (SSSR count). The second-order valence-electron chi connectivity index (χ2n) is 5.45. The fourth-order valence-corrected chi connectivity index (χ4v) is 2.33. The van der Waals surface area contributed by atoms with Crippen molar-refractivity contribution in [2.75, 3.05) is 0 Å². The molecule has 0 aromatic carbocycles. The molecular weight excluding hydrogens is 232 g/mol. The summed E-state index contributed by atoms with van der Waals surface area (Å²) in [6.07, 6.45) is 24.8. The highest BCUT2D eigenvalue weighted by Crippen LogP contribution is 2.12. The van der Waals surface area contributed by atoms with Gasteiger partial charge in [0.05, 0.1) is 6.26 Å². The quantitative estimate of drug-likeness (QED) is 0.210. The lowest BCUT2D eigenvalue weighted by Crippen LogP contribution is -1.82. The van der Waals surface area contributed by atoms with Gasteiger partial charge in [0, 0.05) is 0 Å². The van der Waals surface area contributed by atoms with Crippen molar-refractivity contribution in [2.24, 2.45) is 0 Å². The summed E-state index contributed by atoms with van der Waals surface area (Å²) in [5, 5.41) is 8.44. The number of aliphatic hydroxyl groups excluding tert-OH is 1. The van der Waals surface area contributed by atoms with Crippen LogP contribution in [0.25, 0.3) is 0 Å². The van der Waals surface area contributed by atoms with Gasteiger partial charge in [-0.1, -0.05) is 89.7 Å². The molecule has 0 spiro atoms. The number of aliphatic hydroxyl groups is 1. The Bertz CT molecular complexity index is 206. The van der Waals surface area contributed by atoms with Crippen LogP contribution in [-0.2, 0) is 0 Å². The van der Waals surface area contributed by atoms with E-state index in [0.717, 1.165) is 12.7 Å². The van der Waals surface area contributed by atoms with E-state index in [4.69, 9.17) is 5.11 Å². The average Bonchev–Trinajstić information content (AvgIpc) is 2.43. The van der Waals surface area contributed by atoms with E-state index >= 15 is 0 Å². The summed E-state index contributed by atoms with van der Waals surface area (Å²) in [4.78, 5) is 0. The molecule has 112 valence electrons. The first-order valence-corrected chi connectivity index (χ1v) is 8.37. The minimum atomic E-state index is 1.08. The molecule has 0 radical (unpaired) electrons. The minimum Gasteiger partial charge on any atom is -0.516 e. The molecule has 0 aliphatic carbocycles. The molecule has 1 N–H and O–H groups in total. The first-order valence-electron chi connectivity index (χ1n) is 8.37. The van der Waals surface area contributed by atoms with Crippen LogP contribution in [-0.4, -0.2) is 5.11 Å². The predicted octanol–water partition coefficient (Wildman–Crippen LogP) is 6.71. The lowest BCUT2D eigenvalue weighted by molar-refractivity contribution is 0.473. The van der Waals surface area contributed by atoms with Crippen LogP contribution in [0.2, 0.25) is 0 Å². The first-order chi connectivity index (χ1) is 9.41. The van der Waals surface area contributed by atoms with Crippen molar-refractivity contribution in [3.63, 3.8) is 0 Å². The monoisotopic (exact) mass is 266 g/mol. The van der Waals surface area contributed by atoms with E-state index in [2.05, 4.69) is 13.0 Å². The van der Waals surface area contributed by atoms with Crippen molar-refractivity contribution in [3.05, 3.63) is 24.5 Å². The molecule has 19 heavy (non-hydrogen) atoms. The van der Waals surface area contributed by atoms with Gasteiger partial charge in [0.2, 0.25) is 0 Å². The number of unbranched alkanes of at least 4 members (excludes halogenated alkanes) is 12. The molecule has 0 aliphatic heterocycles. The maximum absolute atomic E-state index is 8.44. The molecule has 0 amide bonds. The Hall–Kier alpha value is -0.720. The maximum Gasteiger partial charge on any atom is 0.0791 e. The van der Waals surface area contributed by atoms with Crippen molar-refractivity contribution < 1.29 is 5.11 Å². The third-order valence-electron chi connectivity index (χ3n) is 3.56. The van der Waals surface area contributed by atoms with Crippen LogP contribution in [0, 0.1) is 0 Å². The molecule has 0 unspecified atom stereocenters. The van der Waals surface area contributed by atoms with Gasteiger partial charge in [-0.25, -0.2) is 0 Å². The third kappa shape index (κ3) is 17.3. The summed E-state index contributed by atoms with van der Waals surface area (Å²) in [6, 6.07) is 0. The van der Waals surface area contributed by atoms with Crippen LogP contribution in [0.15, 0.2) is 24.5 Å². The molecule has 0 atom stereocenters. The summed E-state index contributed by atoms with van der Waals surface area (Å²) >= 11 is 0. The van der Waals surface area contributed by atoms with Gasteiger partial charge in [-0.05, 0) is 18.9 Å². The summed E-state index contributed by atoms with van der Waals surface area (Å²) in [7, 11) is 0. The normalized spacial score (nSPS) is 11.8. The molecule has 1 heteroatoms. The largest absolute Gasteiger partial charge is 0.516 e. The Morgan fingerprint density at radius 1 is 0.632 bits per heavy atom. The summed E-state index contributed by atoms with van der Waals surface area (Å²) in [5.41, 5.74) is 0. The van der Waals surface area contributed by atoms with Gasteiger partial charge in [-0.3, -0.25) is 0 Å². The van der Waals surface area contributed by atoms with E-state index in [9.17, 15) is 0 Å². The Kier molecular flexibility index (Phi) is 16.6. The first kappa shape index (κ1) is 18.3. The summed E-state index contributed by atoms with van der Waals surface area (Å²) in [6.45, 7) is 2.28. The summed E-state index contributed by atoms with van der Waals surface area (Å²) < 4.78 is 0. The zero-order valence-corrected chi connectivity index (χ0v) is 12.9. The lowest BCUT2D eigenvalue weighted by Gasteiger charge is -2.02. The van der Waals surface area contributed by atoms with Crippen LogP contribution >= 0.6 is 0 Å². The van der Waals surface area contributed by atoms with Crippen LogP contribution in [0.5, 0.6) is 0 Å². The number of hydrogen-bond donors (Lipinski definition) is 1. The third-order valence-corrected chi connectivity index (χ3v) is 3.56. The zero-order chi connectivity index (χ0) is 14.0. The fraction of sp³-hybridized carbons (Fsp3) is 0.778. The fourth-order valence-electron chi connectivity index (χ4n) is 2.33. The van der Waals surface area contributed by atoms with E-state index < -0.39 is 0 Å². The molecule has 0 saturated carbocycles. The van der Waals surface area contributed by atoms with E-state index in [0.29, 0.717) is 0 Å². The topological polar surface area (TPSA) is 20.2 Å². The van der Waals surface area contributed by atoms with Crippen LogP contribution < -0.4 is 0 Å². The Balaban J connectivity index is 2.99. The van der Waals surface area contributed by atoms with Gasteiger partial charge in [-0.15, -0.1) is 0 Å². The standard InChI is InChI=1S/C18H34O/c1-2-3-4-5-6-7-8-9-10-11-12-13-14-15-16-17-18-19/h15-19H,2-14H2,1H3/b16-15-,18-17-. The molecule has 0 aromatic rings. The molecular formula is C18H34O. The Morgan fingerprint density at radius 3 is 1.58 bits per heavy atom. The molecule has 1 nitrogen and oxygen atoms in total. The van der Waals surface area contributed by atoms with E-state index in [-0.39, 0.29) is 0 Å². The predicted molar refractivity (Wildman–Crippen MR) is 86.6 cm³/mol. The van der Waals surface area contributed by atoms with Crippen LogP contribution in [0.3, 0.4) is 0 Å². The number of hydrogen-bond acceptors (Lipinski definition) is 1. The Labute approximate surface area is 120 Å². The molecule has 0 heterocycles. The maximum atomic E-state index is 8.44. The molecule has 0 aliphatic rings. The highest BCUT2D eigenvalue weighted by molar-refractivity contribution is 4.98. The van der Waals surface area contributed by atoms with Gasteiger partial charge >= 0.3 is 0 Å². The minimum absolute atomic E-state index is 1.08. The second-order valence-corrected chi connectivity index (χ2v) is 5.45. The smallest absolute Gasteiger partial charge is 0.0791 e. The second kappa shape index (κ2) is 17.3. The van der Waals surface area contributed by atoms with Crippen molar-refractivity contribution in [1.29, 1.82) is 0 Å². The van der Waals surface area contributed by atoms with Gasteiger partial charge in [0.25, 0.3) is 0 Å². The van der Waals surface area contributed by atoms with Gasteiger partial charge in [-0.2, -0.15) is 0 Å². The number of allylic oxidation sites excluding steroid dienone is 3. The van der Waals surface area contributed by atoms with Crippen molar-refractivity contribution in [1.82, 2.24) is 0 Å². The highest BCUT2D eigenvalue weighted by Gasteiger charge is 1.92. The SMILES string of the molecule is CCCCCCCCCCCCCC/C=C\C=C/O. The van der Waals surface area contributed by atoms with Crippen LogP contribution in [0.1, 0.15) is 90.4 Å². The van der Waals surface area contributed by atoms with E-state index in [1.165, 1.54) is 77.0 Å². The Morgan fingerprint density at radius 2 is 1.11 bits per heavy atom. The molecule has 0 fully saturated rings. The molecule has 0 aromatic heterocycles. The van der Waals surface area contributed by atoms with Crippen molar-refractivity contribution in [2.45, 2.75) is 90.4 Å². The zero-order valence-electron chi connectivity index (χ0n) is 12.9. The average molecular weight is 266 g/mol. The van der Waals surface area contributed by atoms with Gasteiger partial charge in [0.1, 0.15) is 0 Å². The van der Waals surface area contributed by atoms with Gasteiger partial charge in [0.15, 0.2) is 0 Å². The van der Waals surface area contributed by atoms with E-state index in [1.54, 1.807) is 6.08 Å². The highest BCUT2D eigenvalue weighted by atomic mass is 16.2. The van der Waals surface area contributed by atoms with Crippen LogP contribution in [0.4, 0.5) is 0 Å². The molecule has 0 bridgehead atoms. The summed E-state index contributed by atoms with van der Waals surface area (Å²) in [5.74, 6) is 0. The van der Waals surface area contributed by atoms with Crippen molar-refractivity contribution in [3.8, 4) is 0 Å². The molecule has 0 saturated heterocycles. The van der Waals surface area contributed by atoms with E-state index in [1.807, 2.05) is 6.08 Å². The van der Waals surface area contributed by atoms with Crippen molar-refractivity contribution >= 4 is 0 Å². The number of rotatable bonds is 14. The van der Waals surface area contributed by atoms with Gasteiger partial charge < -0.3 is 5.11 Å². The lowest BCUT2D eigenvalue weighted by atomic mass is 10.0.